The fourth-order valence-electron chi connectivity index (χ4n) is 3.27. The molecule has 0 spiro atoms. The second-order valence-corrected chi connectivity index (χ2v) is 6.13. The van der Waals surface area contributed by atoms with Crippen LogP contribution in [0.25, 0.3) is 11.1 Å². The average Bonchev–Trinajstić information content (AvgIpc) is 2.95. The van der Waals surface area contributed by atoms with E-state index in [-0.39, 0.29) is 11.9 Å². The number of hydrogen-bond acceptors (Lipinski definition) is 3. The molecule has 0 saturated heterocycles. The molecule has 0 aliphatic heterocycles. The average molecular weight is 310 g/mol. The van der Waals surface area contributed by atoms with E-state index >= 15 is 0 Å². The molecule has 3 heteroatoms. The van der Waals surface area contributed by atoms with Crippen molar-refractivity contribution in [2.24, 2.45) is 5.92 Å². The lowest BCUT2D eigenvalue weighted by Crippen LogP contribution is -2.14. The standard InChI is InChI=1S/C20H22O3/c1-22-18-9-7-17(8-10-18)16-5-3-14(4-6-16)11-15-12-19(21)20(13-15)23-2/h3-10,15,20H,11-13H2,1-2H3/t15-,20+/m0/s1. The highest BCUT2D eigenvalue weighted by molar-refractivity contribution is 5.85. The second-order valence-electron chi connectivity index (χ2n) is 6.13. The van der Waals surface area contributed by atoms with Gasteiger partial charge in [0.2, 0.25) is 0 Å². The quantitative estimate of drug-likeness (QED) is 0.840. The molecule has 0 N–H and O–H groups in total. The van der Waals surface area contributed by atoms with Crippen molar-refractivity contribution in [1.82, 2.24) is 0 Å². The first-order valence-corrected chi connectivity index (χ1v) is 7.98. The summed E-state index contributed by atoms with van der Waals surface area (Å²) in [7, 11) is 3.29. The van der Waals surface area contributed by atoms with E-state index < -0.39 is 0 Å². The van der Waals surface area contributed by atoms with E-state index in [2.05, 4.69) is 36.4 Å². The zero-order valence-electron chi connectivity index (χ0n) is 13.6. The fraction of sp³-hybridized carbons (Fsp3) is 0.350. The summed E-state index contributed by atoms with van der Waals surface area (Å²) in [5, 5.41) is 0. The molecule has 23 heavy (non-hydrogen) atoms. The lowest BCUT2D eigenvalue weighted by atomic mass is 9.96. The molecule has 3 nitrogen and oxygen atoms in total. The first kappa shape index (κ1) is 15.8. The van der Waals surface area contributed by atoms with Crippen LogP contribution in [0.4, 0.5) is 0 Å². The summed E-state index contributed by atoms with van der Waals surface area (Å²) in [4.78, 5) is 11.8. The van der Waals surface area contributed by atoms with E-state index in [1.54, 1.807) is 14.2 Å². The van der Waals surface area contributed by atoms with Gasteiger partial charge in [-0.2, -0.15) is 0 Å². The number of hydrogen-bond donors (Lipinski definition) is 0. The maximum Gasteiger partial charge on any atom is 0.161 e. The van der Waals surface area contributed by atoms with Gasteiger partial charge < -0.3 is 9.47 Å². The van der Waals surface area contributed by atoms with Crippen LogP contribution in [-0.2, 0) is 16.0 Å². The van der Waals surface area contributed by atoms with Crippen LogP contribution in [-0.4, -0.2) is 26.1 Å². The van der Waals surface area contributed by atoms with Crippen LogP contribution in [0.2, 0.25) is 0 Å². The number of ether oxygens (including phenoxy) is 2. The van der Waals surface area contributed by atoms with Crippen molar-refractivity contribution in [1.29, 1.82) is 0 Å². The predicted molar refractivity (Wildman–Crippen MR) is 90.7 cm³/mol. The zero-order valence-corrected chi connectivity index (χ0v) is 13.6. The van der Waals surface area contributed by atoms with Crippen molar-refractivity contribution >= 4 is 5.78 Å². The van der Waals surface area contributed by atoms with E-state index in [4.69, 9.17) is 9.47 Å². The van der Waals surface area contributed by atoms with E-state index in [1.807, 2.05) is 12.1 Å². The van der Waals surface area contributed by atoms with Gasteiger partial charge in [-0.25, -0.2) is 0 Å². The summed E-state index contributed by atoms with van der Waals surface area (Å²) in [5.74, 6) is 1.51. The SMILES string of the molecule is COc1ccc(-c2ccc(C[C@H]3CC(=O)[C@H](OC)C3)cc2)cc1. The number of methoxy groups -OCH3 is 2. The highest BCUT2D eigenvalue weighted by Gasteiger charge is 2.32. The van der Waals surface area contributed by atoms with Gasteiger partial charge in [0, 0.05) is 13.5 Å². The van der Waals surface area contributed by atoms with Crippen LogP contribution in [0.3, 0.4) is 0 Å². The van der Waals surface area contributed by atoms with Crippen LogP contribution in [0.15, 0.2) is 48.5 Å². The maximum absolute atomic E-state index is 11.8. The van der Waals surface area contributed by atoms with Gasteiger partial charge in [0.1, 0.15) is 11.9 Å². The van der Waals surface area contributed by atoms with Crippen LogP contribution in [0, 0.1) is 5.92 Å². The number of Topliss-reactive ketones (excluding diaryl/α,β-unsaturated/α-hetero) is 1. The van der Waals surface area contributed by atoms with Gasteiger partial charge in [0.15, 0.2) is 5.78 Å². The third-order valence-corrected chi connectivity index (χ3v) is 4.58. The van der Waals surface area contributed by atoms with Crippen molar-refractivity contribution < 1.29 is 14.3 Å². The van der Waals surface area contributed by atoms with Crippen molar-refractivity contribution in [2.75, 3.05) is 14.2 Å². The minimum Gasteiger partial charge on any atom is -0.497 e. The lowest BCUT2D eigenvalue weighted by molar-refractivity contribution is -0.125. The molecular weight excluding hydrogens is 288 g/mol. The van der Waals surface area contributed by atoms with Crippen LogP contribution < -0.4 is 4.74 Å². The first-order valence-electron chi connectivity index (χ1n) is 7.98. The number of benzene rings is 2. The van der Waals surface area contributed by atoms with Crippen molar-refractivity contribution in [3.05, 3.63) is 54.1 Å². The molecule has 0 amide bonds. The van der Waals surface area contributed by atoms with E-state index in [0.717, 1.165) is 18.6 Å². The molecule has 0 radical (unpaired) electrons. The summed E-state index contributed by atoms with van der Waals surface area (Å²) < 4.78 is 10.4. The number of rotatable bonds is 5. The molecular formula is C20H22O3. The summed E-state index contributed by atoms with van der Waals surface area (Å²) in [6, 6.07) is 16.7. The molecule has 2 aromatic carbocycles. The number of carbonyl (C=O) groups is 1. The van der Waals surface area contributed by atoms with E-state index in [0.29, 0.717) is 12.3 Å². The Labute approximate surface area is 137 Å². The molecule has 1 aliphatic carbocycles. The fourth-order valence-corrected chi connectivity index (χ4v) is 3.27. The minimum atomic E-state index is -0.196. The van der Waals surface area contributed by atoms with Crippen molar-refractivity contribution in [3.8, 4) is 16.9 Å². The molecule has 3 rings (SSSR count). The molecule has 0 unspecified atom stereocenters. The lowest BCUT2D eigenvalue weighted by Gasteiger charge is -2.10. The molecule has 0 heterocycles. The van der Waals surface area contributed by atoms with Crippen LogP contribution in [0.1, 0.15) is 18.4 Å². The Hall–Kier alpha value is -2.13. The summed E-state index contributed by atoms with van der Waals surface area (Å²) in [6.07, 6.45) is 2.22. The van der Waals surface area contributed by atoms with Gasteiger partial charge in [0.05, 0.1) is 7.11 Å². The molecule has 1 fully saturated rings. The zero-order chi connectivity index (χ0) is 16.2. The molecule has 1 aliphatic rings. The molecule has 0 aromatic heterocycles. The molecule has 120 valence electrons. The Balaban J connectivity index is 1.66. The van der Waals surface area contributed by atoms with Gasteiger partial charge in [-0.05, 0) is 47.6 Å². The third-order valence-electron chi connectivity index (χ3n) is 4.58. The third kappa shape index (κ3) is 3.62. The highest BCUT2D eigenvalue weighted by Crippen LogP contribution is 2.29. The minimum absolute atomic E-state index is 0.196. The number of ketones is 1. The first-order chi connectivity index (χ1) is 11.2. The van der Waals surface area contributed by atoms with Crippen LogP contribution in [0.5, 0.6) is 5.75 Å². The maximum atomic E-state index is 11.8. The van der Waals surface area contributed by atoms with E-state index in [9.17, 15) is 4.79 Å². The largest absolute Gasteiger partial charge is 0.497 e. The summed E-state index contributed by atoms with van der Waals surface area (Å²) >= 11 is 0. The van der Waals surface area contributed by atoms with Crippen molar-refractivity contribution in [3.63, 3.8) is 0 Å². The Morgan fingerprint density at radius 3 is 2.09 bits per heavy atom. The smallest absolute Gasteiger partial charge is 0.161 e. The molecule has 0 bridgehead atoms. The Bertz CT molecular complexity index is 658. The Morgan fingerprint density at radius 1 is 0.957 bits per heavy atom. The van der Waals surface area contributed by atoms with Gasteiger partial charge in [0.25, 0.3) is 0 Å². The molecule has 1 saturated carbocycles. The van der Waals surface area contributed by atoms with Crippen molar-refractivity contribution in [2.45, 2.75) is 25.4 Å². The Morgan fingerprint density at radius 2 is 1.57 bits per heavy atom. The van der Waals surface area contributed by atoms with Gasteiger partial charge >= 0.3 is 0 Å². The van der Waals surface area contributed by atoms with Gasteiger partial charge in [-0.3, -0.25) is 4.79 Å². The Kier molecular flexibility index (Phi) is 4.77. The normalized spacial score (nSPS) is 20.7. The van der Waals surface area contributed by atoms with Gasteiger partial charge in [-0.15, -0.1) is 0 Å². The predicted octanol–water partition coefficient (Wildman–Crippen LogP) is 3.90. The monoisotopic (exact) mass is 310 g/mol. The molecule has 2 aromatic rings. The van der Waals surface area contributed by atoms with E-state index in [1.165, 1.54) is 16.7 Å². The summed E-state index contributed by atoms with van der Waals surface area (Å²) in [5.41, 5.74) is 3.64. The second kappa shape index (κ2) is 6.97. The van der Waals surface area contributed by atoms with Gasteiger partial charge in [-0.1, -0.05) is 36.4 Å². The number of carbonyl (C=O) groups excluding carboxylic acids is 1. The molecule has 2 atom stereocenters. The van der Waals surface area contributed by atoms with Crippen LogP contribution >= 0.6 is 0 Å². The highest BCUT2D eigenvalue weighted by atomic mass is 16.5. The summed E-state index contributed by atoms with van der Waals surface area (Å²) in [6.45, 7) is 0. The topological polar surface area (TPSA) is 35.5 Å².